The molecule has 0 bridgehead atoms. The van der Waals surface area contributed by atoms with E-state index in [4.69, 9.17) is 23.2 Å². The molecule has 1 heterocycles. The second-order valence-corrected chi connectivity index (χ2v) is 7.86. The molecule has 0 aliphatic rings. The fraction of sp³-hybridized carbons (Fsp3) is 0.0476. The zero-order valence-electron chi connectivity index (χ0n) is 14.5. The van der Waals surface area contributed by atoms with Crippen LogP contribution in [0.25, 0.3) is 17.1 Å². The van der Waals surface area contributed by atoms with E-state index in [0.717, 1.165) is 16.8 Å². The maximum atomic E-state index is 13.5. The van der Waals surface area contributed by atoms with Crippen molar-refractivity contribution in [3.8, 4) is 17.1 Å². The zero-order chi connectivity index (χ0) is 19.5. The van der Waals surface area contributed by atoms with Gasteiger partial charge in [-0.2, -0.15) is 0 Å². The normalized spacial score (nSPS) is 11.0. The molecule has 0 N–H and O–H groups in total. The Morgan fingerprint density at radius 3 is 2.39 bits per heavy atom. The van der Waals surface area contributed by atoms with Crippen molar-refractivity contribution >= 4 is 35.0 Å². The van der Waals surface area contributed by atoms with Crippen LogP contribution in [-0.2, 0) is 5.75 Å². The lowest BCUT2D eigenvalue weighted by molar-refractivity contribution is 0.626. The topological polar surface area (TPSA) is 30.7 Å². The minimum absolute atomic E-state index is 0.253. The van der Waals surface area contributed by atoms with Crippen molar-refractivity contribution < 1.29 is 4.39 Å². The van der Waals surface area contributed by atoms with Gasteiger partial charge < -0.3 is 0 Å². The van der Waals surface area contributed by atoms with Gasteiger partial charge >= 0.3 is 0 Å². The first-order valence-electron chi connectivity index (χ1n) is 8.45. The Morgan fingerprint density at radius 2 is 1.64 bits per heavy atom. The molecule has 7 heteroatoms. The lowest BCUT2D eigenvalue weighted by atomic mass is 10.2. The number of rotatable bonds is 5. The SMILES string of the molecule is Fc1cccc(CSc2nnc(-c3cccc(Cl)c3)n2-c2ccc(Cl)cc2)c1. The van der Waals surface area contributed by atoms with Crippen LogP contribution in [0.1, 0.15) is 5.56 Å². The number of hydrogen-bond acceptors (Lipinski definition) is 3. The molecule has 4 rings (SSSR count). The maximum Gasteiger partial charge on any atom is 0.196 e. The van der Waals surface area contributed by atoms with Gasteiger partial charge in [-0.25, -0.2) is 4.39 Å². The Balaban J connectivity index is 1.74. The maximum absolute atomic E-state index is 13.5. The van der Waals surface area contributed by atoms with Crippen molar-refractivity contribution in [2.75, 3.05) is 0 Å². The lowest BCUT2D eigenvalue weighted by Gasteiger charge is -2.11. The third kappa shape index (κ3) is 4.22. The number of nitrogens with zero attached hydrogens (tertiary/aromatic N) is 3. The van der Waals surface area contributed by atoms with Gasteiger partial charge in [-0.15, -0.1) is 10.2 Å². The lowest BCUT2D eigenvalue weighted by Crippen LogP contribution is -1.99. The summed E-state index contributed by atoms with van der Waals surface area (Å²) in [6.07, 6.45) is 0. The molecule has 3 aromatic carbocycles. The minimum Gasteiger partial charge on any atom is -0.270 e. The van der Waals surface area contributed by atoms with Crippen LogP contribution in [0, 0.1) is 5.82 Å². The van der Waals surface area contributed by atoms with Gasteiger partial charge in [0.25, 0.3) is 0 Å². The second-order valence-electron chi connectivity index (χ2n) is 6.05. The molecular formula is C21H14Cl2FN3S. The van der Waals surface area contributed by atoms with Crippen molar-refractivity contribution in [2.45, 2.75) is 10.9 Å². The van der Waals surface area contributed by atoms with Gasteiger partial charge in [-0.3, -0.25) is 4.57 Å². The molecule has 0 saturated heterocycles. The van der Waals surface area contributed by atoms with E-state index >= 15 is 0 Å². The Bertz CT molecular complexity index is 1110. The minimum atomic E-state index is -0.253. The van der Waals surface area contributed by atoms with Crippen molar-refractivity contribution in [1.29, 1.82) is 0 Å². The van der Waals surface area contributed by atoms with Crippen LogP contribution in [0.4, 0.5) is 4.39 Å². The molecule has 0 fully saturated rings. The van der Waals surface area contributed by atoms with Crippen LogP contribution < -0.4 is 0 Å². The summed E-state index contributed by atoms with van der Waals surface area (Å²) in [6, 6.07) is 21.5. The predicted molar refractivity (Wildman–Crippen MR) is 113 cm³/mol. The van der Waals surface area contributed by atoms with Crippen molar-refractivity contribution in [2.24, 2.45) is 0 Å². The van der Waals surface area contributed by atoms with Gasteiger partial charge in [0.15, 0.2) is 11.0 Å². The molecule has 0 atom stereocenters. The van der Waals surface area contributed by atoms with Gasteiger partial charge in [-0.05, 0) is 54.1 Å². The third-order valence-corrected chi connectivity index (χ3v) is 5.55. The first kappa shape index (κ1) is 19.0. The summed E-state index contributed by atoms with van der Waals surface area (Å²) in [7, 11) is 0. The van der Waals surface area contributed by atoms with Crippen LogP contribution in [0.3, 0.4) is 0 Å². The summed E-state index contributed by atoms with van der Waals surface area (Å²) in [5.41, 5.74) is 2.61. The fourth-order valence-electron chi connectivity index (χ4n) is 2.78. The summed E-state index contributed by atoms with van der Waals surface area (Å²) < 4.78 is 15.4. The highest BCUT2D eigenvalue weighted by Gasteiger charge is 2.16. The Hall–Kier alpha value is -2.34. The van der Waals surface area contributed by atoms with E-state index in [0.29, 0.717) is 26.8 Å². The second kappa shape index (κ2) is 8.35. The highest BCUT2D eigenvalue weighted by Crippen LogP contribution is 2.31. The molecule has 0 saturated carbocycles. The average molecular weight is 430 g/mol. The summed E-state index contributed by atoms with van der Waals surface area (Å²) in [4.78, 5) is 0. The van der Waals surface area contributed by atoms with E-state index in [-0.39, 0.29) is 5.82 Å². The molecule has 0 unspecified atom stereocenters. The van der Waals surface area contributed by atoms with Gasteiger partial charge in [0.05, 0.1) is 0 Å². The molecule has 0 spiro atoms. The number of halogens is 3. The molecule has 0 aliphatic heterocycles. The number of aromatic nitrogens is 3. The van der Waals surface area contributed by atoms with E-state index in [1.165, 1.54) is 23.9 Å². The number of hydrogen-bond donors (Lipinski definition) is 0. The van der Waals surface area contributed by atoms with E-state index in [1.54, 1.807) is 6.07 Å². The predicted octanol–water partition coefficient (Wildman–Crippen LogP) is 6.67. The van der Waals surface area contributed by atoms with Crippen molar-refractivity contribution in [3.05, 3.63) is 94.2 Å². The molecule has 1 aromatic heterocycles. The largest absolute Gasteiger partial charge is 0.270 e. The van der Waals surface area contributed by atoms with Gasteiger partial charge in [-0.1, -0.05) is 59.2 Å². The van der Waals surface area contributed by atoms with E-state index in [2.05, 4.69) is 10.2 Å². The van der Waals surface area contributed by atoms with Crippen LogP contribution in [0.2, 0.25) is 10.0 Å². The average Bonchev–Trinajstić information content (AvgIpc) is 3.11. The van der Waals surface area contributed by atoms with E-state index < -0.39 is 0 Å². The van der Waals surface area contributed by atoms with E-state index in [9.17, 15) is 4.39 Å². The first-order valence-corrected chi connectivity index (χ1v) is 10.2. The van der Waals surface area contributed by atoms with Crippen LogP contribution >= 0.6 is 35.0 Å². The molecule has 3 nitrogen and oxygen atoms in total. The van der Waals surface area contributed by atoms with Crippen LogP contribution in [-0.4, -0.2) is 14.8 Å². The van der Waals surface area contributed by atoms with Crippen molar-refractivity contribution in [1.82, 2.24) is 14.8 Å². The smallest absolute Gasteiger partial charge is 0.196 e. The number of benzene rings is 3. The van der Waals surface area contributed by atoms with Gasteiger partial charge in [0, 0.05) is 27.0 Å². The molecule has 4 aromatic rings. The van der Waals surface area contributed by atoms with E-state index in [1.807, 2.05) is 59.2 Å². The van der Waals surface area contributed by atoms with Crippen LogP contribution in [0.5, 0.6) is 0 Å². The Morgan fingerprint density at radius 1 is 0.857 bits per heavy atom. The highest BCUT2D eigenvalue weighted by molar-refractivity contribution is 7.98. The van der Waals surface area contributed by atoms with Crippen molar-refractivity contribution in [3.63, 3.8) is 0 Å². The summed E-state index contributed by atoms with van der Waals surface area (Å²) in [5.74, 6) is 0.988. The van der Waals surface area contributed by atoms with Gasteiger partial charge in [0.1, 0.15) is 5.82 Å². The Labute approximate surface area is 176 Å². The highest BCUT2D eigenvalue weighted by atomic mass is 35.5. The van der Waals surface area contributed by atoms with Gasteiger partial charge in [0.2, 0.25) is 0 Å². The molecule has 0 amide bonds. The summed E-state index contributed by atoms with van der Waals surface area (Å²) in [6.45, 7) is 0. The molecule has 28 heavy (non-hydrogen) atoms. The summed E-state index contributed by atoms with van der Waals surface area (Å²) in [5, 5.41) is 10.7. The Kier molecular flexibility index (Phi) is 5.67. The first-order chi connectivity index (χ1) is 13.6. The summed E-state index contributed by atoms with van der Waals surface area (Å²) >= 11 is 13.7. The molecule has 140 valence electrons. The molecular weight excluding hydrogens is 416 g/mol. The van der Waals surface area contributed by atoms with Crippen LogP contribution in [0.15, 0.2) is 78.0 Å². The fourth-order valence-corrected chi connectivity index (χ4v) is 3.99. The number of thioether (sulfide) groups is 1. The quantitative estimate of drug-likeness (QED) is 0.331. The zero-order valence-corrected chi connectivity index (χ0v) is 16.8. The standard InChI is InChI=1S/C21H14Cl2FN3S/c22-16-7-9-19(10-8-16)27-20(15-4-2-5-17(23)12-15)25-26-21(27)28-13-14-3-1-6-18(24)11-14/h1-12H,13H2. The monoisotopic (exact) mass is 429 g/mol. The molecule has 0 radical (unpaired) electrons. The third-order valence-electron chi connectivity index (χ3n) is 4.06. The molecule has 0 aliphatic carbocycles.